The van der Waals surface area contributed by atoms with E-state index in [1.807, 2.05) is 24.9 Å². The van der Waals surface area contributed by atoms with Crippen LogP contribution in [0.5, 0.6) is 0 Å². The highest BCUT2D eigenvalue weighted by molar-refractivity contribution is 5.93. The number of hydrogen-bond donors (Lipinski definition) is 1. The zero-order valence-corrected chi connectivity index (χ0v) is 15.5. The van der Waals surface area contributed by atoms with Gasteiger partial charge in [0, 0.05) is 11.7 Å². The van der Waals surface area contributed by atoms with Gasteiger partial charge in [0.2, 0.25) is 5.91 Å². The van der Waals surface area contributed by atoms with Crippen molar-refractivity contribution in [2.45, 2.75) is 39.7 Å². The molecule has 1 unspecified atom stereocenters. The lowest BCUT2D eigenvalue weighted by Crippen LogP contribution is -2.32. The summed E-state index contributed by atoms with van der Waals surface area (Å²) in [5.41, 5.74) is 4.24. The minimum Gasteiger partial charge on any atom is -0.324 e. The van der Waals surface area contributed by atoms with E-state index in [0.717, 1.165) is 35.2 Å². The Morgan fingerprint density at radius 2 is 1.64 bits per heavy atom. The Kier molecular flexibility index (Phi) is 6.71. The molecule has 1 N–H and O–H groups in total. The molecule has 134 valence electrons. The number of benzene rings is 2. The van der Waals surface area contributed by atoms with Crippen LogP contribution in [0.1, 0.15) is 43.5 Å². The zero-order chi connectivity index (χ0) is 18.4. The molecule has 2 aromatic carbocycles. The van der Waals surface area contributed by atoms with Crippen LogP contribution in [0.15, 0.2) is 42.5 Å². The molecule has 0 spiro atoms. The third-order valence-electron chi connectivity index (χ3n) is 4.67. The van der Waals surface area contributed by atoms with Gasteiger partial charge in [-0.05, 0) is 55.6 Å². The van der Waals surface area contributed by atoms with Gasteiger partial charge in [-0.1, -0.05) is 44.2 Å². The largest absolute Gasteiger partial charge is 0.324 e. The van der Waals surface area contributed by atoms with Crippen molar-refractivity contribution in [3.05, 3.63) is 65.0 Å². The molecule has 0 saturated heterocycles. The molecular weight excluding hydrogens is 315 g/mol. The number of anilines is 1. The van der Waals surface area contributed by atoms with E-state index in [-0.39, 0.29) is 24.3 Å². The van der Waals surface area contributed by atoms with E-state index in [1.54, 1.807) is 12.1 Å². The third kappa shape index (κ3) is 4.89. The molecule has 2 aromatic rings. The van der Waals surface area contributed by atoms with Crippen LogP contribution in [-0.2, 0) is 17.6 Å². The maximum Gasteiger partial charge on any atom is 0.238 e. The second-order valence-corrected chi connectivity index (χ2v) is 6.35. The van der Waals surface area contributed by atoms with E-state index in [4.69, 9.17) is 0 Å². The second-order valence-electron chi connectivity index (χ2n) is 6.35. The van der Waals surface area contributed by atoms with Gasteiger partial charge in [0.25, 0.3) is 0 Å². The zero-order valence-electron chi connectivity index (χ0n) is 15.5. The number of rotatable bonds is 7. The van der Waals surface area contributed by atoms with E-state index in [0.29, 0.717) is 0 Å². The first-order valence-corrected chi connectivity index (χ1v) is 8.82. The fourth-order valence-electron chi connectivity index (χ4n) is 2.94. The lowest BCUT2D eigenvalue weighted by molar-refractivity contribution is -0.117. The number of carbonyl (C=O) groups is 1. The van der Waals surface area contributed by atoms with E-state index in [9.17, 15) is 9.18 Å². The quantitative estimate of drug-likeness (QED) is 0.799. The Morgan fingerprint density at radius 1 is 1.08 bits per heavy atom. The Hall–Kier alpha value is -2.20. The van der Waals surface area contributed by atoms with Crippen LogP contribution in [0.25, 0.3) is 0 Å². The number of nitrogens with one attached hydrogen (secondary N) is 1. The Bertz CT molecular complexity index is 690. The molecule has 0 aliphatic rings. The van der Waals surface area contributed by atoms with Crippen molar-refractivity contribution in [1.29, 1.82) is 0 Å². The van der Waals surface area contributed by atoms with Gasteiger partial charge < -0.3 is 5.32 Å². The molecule has 4 heteroatoms. The molecule has 0 saturated carbocycles. The Balaban J connectivity index is 2.06. The fourth-order valence-corrected chi connectivity index (χ4v) is 2.94. The summed E-state index contributed by atoms with van der Waals surface area (Å²) in [6.07, 6.45) is 1.76. The predicted octanol–water partition coefficient (Wildman–Crippen LogP) is 4.58. The van der Waals surface area contributed by atoms with Crippen molar-refractivity contribution in [3.63, 3.8) is 0 Å². The lowest BCUT2D eigenvalue weighted by atomic mass is 10.0. The molecular formula is C21H27FN2O. The SMILES string of the molecule is CCc1cccc(CC)c1NC(=O)CN(C)C(C)c1ccc(F)cc1. The molecule has 0 radical (unpaired) electrons. The van der Waals surface area contributed by atoms with Crippen molar-refractivity contribution >= 4 is 11.6 Å². The van der Waals surface area contributed by atoms with Crippen molar-refractivity contribution in [1.82, 2.24) is 4.90 Å². The van der Waals surface area contributed by atoms with Gasteiger partial charge in [-0.3, -0.25) is 9.69 Å². The summed E-state index contributed by atoms with van der Waals surface area (Å²) in [6.45, 7) is 6.47. The number of likely N-dealkylation sites (N-methyl/N-ethyl adjacent to an activating group) is 1. The number of para-hydroxylation sites is 1. The van der Waals surface area contributed by atoms with Gasteiger partial charge in [-0.15, -0.1) is 0 Å². The van der Waals surface area contributed by atoms with Crippen LogP contribution in [0.4, 0.5) is 10.1 Å². The normalized spacial score (nSPS) is 12.2. The van der Waals surface area contributed by atoms with Crippen molar-refractivity contribution in [2.24, 2.45) is 0 Å². The smallest absolute Gasteiger partial charge is 0.238 e. The number of carbonyl (C=O) groups excluding carboxylic acids is 1. The van der Waals surface area contributed by atoms with Gasteiger partial charge in [0.1, 0.15) is 5.82 Å². The maximum atomic E-state index is 13.1. The molecule has 2 rings (SSSR count). The molecule has 0 heterocycles. The molecule has 0 bridgehead atoms. The van der Waals surface area contributed by atoms with E-state index < -0.39 is 0 Å². The molecule has 3 nitrogen and oxygen atoms in total. The Labute approximate surface area is 149 Å². The summed E-state index contributed by atoms with van der Waals surface area (Å²) in [4.78, 5) is 14.5. The van der Waals surface area contributed by atoms with Crippen LogP contribution in [0, 0.1) is 5.82 Å². The molecule has 0 aromatic heterocycles. The number of amides is 1. The van der Waals surface area contributed by atoms with Crippen LogP contribution in [-0.4, -0.2) is 24.4 Å². The topological polar surface area (TPSA) is 32.3 Å². The highest BCUT2D eigenvalue weighted by atomic mass is 19.1. The maximum absolute atomic E-state index is 13.1. The average Bonchev–Trinajstić information content (AvgIpc) is 2.61. The van der Waals surface area contributed by atoms with Gasteiger partial charge >= 0.3 is 0 Å². The number of halogens is 1. The number of hydrogen-bond acceptors (Lipinski definition) is 2. The van der Waals surface area contributed by atoms with Gasteiger partial charge in [0.15, 0.2) is 0 Å². The van der Waals surface area contributed by atoms with Crippen molar-refractivity contribution in [3.8, 4) is 0 Å². The number of aryl methyl sites for hydroxylation is 2. The summed E-state index contributed by atoms with van der Waals surface area (Å²) < 4.78 is 13.1. The van der Waals surface area contributed by atoms with Crippen LogP contribution >= 0.6 is 0 Å². The first-order chi connectivity index (χ1) is 12.0. The molecule has 0 fully saturated rings. The molecule has 1 atom stereocenters. The van der Waals surface area contributed by atoms with E-state index in [1.165, 1.54) is 12.1 Å². The summed E-state index contributed by atoms with van der Waals surface area (Å²) in [5.74, 6) is -0.285. The lowest BCUT2D eigenvalue weighted by Gasteiger charge is -2.25. The minimum atomic E-state index is -0.250. The first kappa shape index (κ1) is 19.1. The van der Waals surface area contributed by atoms with E-state index >= 15 is 0 Å². The van der Waals surface area contributed by atoms with Crippen LogP contribution < -0.4 is 5.32 Å². The molecule has 25 heavy (non-hydrogen) atoms. The van der Waals surface area contributed by atoms with Crippen molar-refractivity contribution < 1.29 is 9.18 Å². The van der Waals surface area contributed by atoms with Gasteiger partial charge in [-0.2, -0.15) is 0 Å². The van der Waals surface area contributed by atoms with Gasteiger partial charge in [-0.25, -0.2) is 4.39 Å². The van der Waals surface area contributed by atoms with Gasteiger partial charge in [0.05, 0.1) is 6.54 Å². The van der Waals surface area contributed by atoms with Crippen molar-refractivity contribution in [2.75, 3.05) is 18.9 Å². The summed E-state index contributed by atoms with van der Waals surface area (Å²) in [5, 5.41) is 3.09. The summed E-state index contributed by atoms with van der Waals surface area (Å²) in [7, 11) is 1.90. The molecule has 0 aliphatic carbocycles. The second kappa shape index (κ2) is 8.77. The summed E-state index contributed by atoms with van der Waals surface area (Å²) >= 11 is 0. The summed E-state index contributed by atoms with van der Waals surface area (Å²) in [6, 6.07) is 12.6. The molecule has 0 aliphatic heterocycles. The fraction of sp³-hybridized carbons (Fsp3) is 0.381. The third-order valence-corrected chi connectivity index (χ3v) is 4.67. The highest BCUT2D eigenvalue weighted by Gasteiger charge is 2.16. The number of nitrogens with zero attached hydrogens (tertiary/aromatic N) is 1. The average molecular weight is 342 g/mol. The first-order valence-electron chi connectivity index (χ1n) is 8.82. The minimum absolute atomic E-state index is 0.0263. The standard InChI is InChI=1S/C21H27FN2O/c1-5-16-8-7-9-17(6-2)21(16)23-20(25)14-24(4)15(3)18-10-12-19(22)13-11-18/h7-13,15H,5-6,14H2,1-4H3,(H,23,25). The monoisotopic (exact) mass is 342 g/mol. The molecule has 1 amide bonds. The highest BCUT2D eigenvalue weighted by Crippen LogP contribution is 2.23. The van der Waals surface area contributed by atoms with Crippen LogP contribution in [0.3, 0.4) is 0 Å². The Morgan fingerprint density at radius 3 is 2.16 bits per heavy atom. The van der Waals surface area contributed by atoms with Crippen LogP contribution in [0.2, 0.25) is 0 Å². The van der Waals surface area contributed by atoms with E-state index in [2.05, 4.69) is 31.3 Å². The predicted molar refractivity (Wildman–Crippen MR) is 101 cm³/mol.